The summed E-state index contributed by atoms with van der Waals surface area (Å²) in [5.41, 5.74) is 1.46. The first-order chi connectivity index (χ1) is 10.7. The van der Waals surface area contributed by atoms with Gasteiger partial charge in [-0.2, -0.15) is 0 Å². The predicted octanol–water partition coefficient (Wildman–Crippen LogP) is 2.50. The molecule has 2 aliphatic rings. The Bertz CT molecular complexity index is 598. The van der Waals surface area contributed by atoms with E-state index in [1.807, 2.05) is 17.0 Å². The standard InChI is InChI=1S/C18H26BNO3/c1-13-9-10-16(21)20(13)12-14-7-6-8-15(11-14)19-22-17(2,3)18(4,5)23-19/h6-8,11,13H,9-10,12H2,1-5H3. The smallest absolute Gasteiger partial charge is 0.399 e. The van der Waals surface area contributed by atoms with Crippen molar-refractivity contribution in [3.8, 4) is 0 Å². The van der Waals surface area contributed by atoms with Gasteiger partial charge in [0.05, 0.1) is 11.2 Å². The van der Waals surface area contributed by atoms with E-state index < -0.39 is 0 Å². The van der Waals surface area contributed by atoms with Crippen molar-refractivity contribution in [3.63, 3.8) is 0 Å². The second-order valence-electron chi connectivity index (χ2n) is 7.74. The third-order valence-electron chi connectivity index (χ3n) is 5.46. The zero-order valence-corrected chi connectivity index (χ0v) is 14.8. The maximum atomic E-state index is 12.0. The highest BCUT2D eigenvalue weighted by Gasteiger charge is 2.51. The Morgan fingerprint density at radius 1 is 1.22 bits per heavy atom. The molecule has 1 atom stereocenters. The fraction of sp³-hybridized carbons (Fsp3) is 0.611. The van der Waals surface area contributed by atoms with E-state index in [-0.39, 0.29) is 24.2 Å². The molecule has 2 saturated heterocycles. The van der Waals surface area contributed by atoms with Crippen LogP contribution in [0.1, 0.15) is 53.0 Å². The molecule has 23 heavy (non-hydrogen) atoms. The molecule has 3 rings (SSSR count). The van der Waals surface area contributed by atoms with Crippen molar-refractivity contribution in [2.24, 2.45) is 0 Å². The van der Waals surface area contributed by atoms with E-state index in [9.17, 15) is 4.79 Å². The van der Waals surface area contributed by atoms with Crippen molar-refractivity contribution in [2.45, 2.75) is 71.2 Å². The third kappa shape index (κ3) is 3.04. The second-order valence-corrected chi connectivity index (χ2v) is 7.74. The van der Waals surface area contributed by atoms with E-state index in [0.717, 1.165) is 17.4 Å². The minimum atomic E-state index is -0.355. The highest BCUT2D eigenvalue weighted by Crippen LogP contribution is 2.36. The summed E-state index contributed by atoms with van der Waals surface area (Å²) in [7, 11) is -0.355. The quantitative estimate of drug-likeness (QED) is 0.805. The molecule has 124 valence electrons. The molecular weight excluding hydrogens is 289 g/mol. The molecule has 2 fully saturated rings. The zero-order chi connectivity index (χ0) is 16.8. The van der Waals surface area contributed by atoms with E-state index in [2.05, 4.69) is 46.8 Å². The molecule has 5 heteroatoms. The first-order valence-corrected chi connectivity index (χ1v) is 8.43. The molecular formula is C18H26BNO3. The average molecular weight is 315 g/mol. The number of benzene rings is 1. The Morgan fingerprint density at radius 3 is 2.43 bits per heavy atom. The number of carbonyl (C=O) groups is 1. The van der Waals surface area contributed by atoms with Gasteiger partial charge < -0.3 is 14.2 Å². The summed E-state index contributed by atoms with van der Waals surface area (Å²) in [4.78, 5) is 13.9. The van der Waals surface area contributed by atoms with Gasteiger partial charge in [-0.1, -0.05) is 24.3 Å². The lowest BCUT2D eigenvalue weighted by Crippen LogP contribution is -2.41. The van der Waals surface area contributed by atoms with Gasteiger partial charge in [0.15, 0.2) is 0 Å². The van der Waals surface area contributed by atoms with Crippen molar-refractivity contribution in [2.75, 3.05) is 0 Å². The number of hydrogen-bond donors (Lipinski definition) is 0. The molecule has 0 aliphatic carbocycles. The molecule has 4 nitrogen and oxygen atoms in total. The Morgan fingerprint density at radius 2 is 1.87 bits per heavy atom. The average Bonchev–Trinajstić information content (AvgIpc) is 2.89. The summed E-state index contributed by atoms with van der Waals surface area (Å²) in [6.07, 6.45) is 1.62. The van der Waals surface area contributed by atoms with Crippen molar-refractivity contribution in [1.82, 2.24) is 4.90 Å². The van der Waals surface area contributed by atoms with Crippen LogP contribution in [0.15, 0.2) is 24.3 Å². The predicted molar refractivity (Wildman–Crippen MR) is 91.4 cm³/mol. The van der Waals surface area contributed by atoms with Crippen molar-refractivity contribution >= 4 is 18.5 Å². The molecule has 1 aromatic carbocycles. The van der Waals surface area contributed by atoms with Crippen LogP contribution in [-0.4, -0.2) is 35.2 Å². The number of hydrogen-bond acceptors (Lipinski definition) is 3. The lowest BCUT2D eigenvalue weighted by molar-refractivity contribution is -0.129. The van der Waals surface area contributed by atoms with Crippen LogP contribution in [0.2, 0.25) is 0 Å². The highest BCUT2D eigenvalue weighted by atomic mass is 16.7. The van der Waals surface area contributed by atoms with Crippen LogP contribution in [0.3, 0.4) is 0 Å². The highest BCUT2D eigenvalue weighted by molar-refractivity contribution is 6.62. The van der Waals surface area contributed by atoms with Crippen molar-refractivity contribution in [1.29, 1.82) is 0 Å². The van der Waals surface area contributed by atoms with Crippen LogP contribution in [-0.2, 0) is 20.6 Å². The number of rotatable bonds is 3. The molecule has 0 radical (unpaired) electrons. The van der Waals surface area contributed by atoms with E-state index in [1.54, 1.807) is 0 Å². The fourth-order valence-corrected chi connectivity index (χ4v) is 3.14. The van der Waals surface area contributed by atoms with Crippen molar-refractivity contribution in [3.05, 3.63) is 29.8 Å². The minimum Gasteiger partial charge on any atom is -0.399 e. The Balaban J connectivity index is 1.77. The van der Waals surface area contributed by atoms with Crippen LogP contribution in [0, 0.1) is 0 Å². The summed E-state index contributed by atoms with van der Waals surface area (Å²) in [5.74, 6) is 0.249. The summed E-state index contributed by atoms with van der Waals surface area (Å²) >= 11 is 0. The number of nitrogens with zero attached hydrogens (tertiary/aromatic N) is 1. The van der Waals surface area contributed by atoms with Crippen molar-refractivity contribution < 1.29 is 14.1 Å². The maximum absolute atomic E-state index is 12.0. The first kappa shape index (κ1) is 16.5. The van der Waals surface area contributed by atoms with Gasteiger partial charge in [-0.25, -0.2) is 0 Å². The summed E-state index contributed by atoms with van der Waals surface area (Å²) < 4.78 is 12.2. The van der Waals surface area contributed by atoms with E-state index in [1.165, 1.54) is 0 Å². The van der Waals surface area contributed by atoms with Gasteiger partial charge in [0.2, 0.25) is 5.91 Å². The van der Waals surface area contributed by atoms with E-state index >= 15 is 0 Å². The van der Waals surface area contributed by atoms with Crippen LogP contribution in [0.25, 0.3) is 0 Å². The Kier molecular flexibility index (Phi) is 4.05. The molecule has 1 unspecified atom stereocenters. The summed E-state index contributed by atoms with van der Waals surface area (Å²) in [6, 6.07) is 8.53. The lowest BCUT2D eigenvalue weighted by atomic mass is 9.78. The van der Waals surface area contributed by atoms with Gasteiger partial charge in [-0.3, -0.25) is 4.79 Å². The van der Waals surface area contributed by atoms with Gasteiger partial charge in [-0.15, -0.1) is 0 Å². The maximum Gasteiger partial charge on any atom is 0.494 e. The van der Waals surface area contributed by atoms with E-state index in [0.29, 0.717) is 19.0 Å². The van der Waals surface area contributed by atoms with Crippen LogP contribution in [0.5, 0.6) is 0 Å². The summed E-state index contributed by atoms with van der Waals surface area (Å²) in [5, 5.41) is 0. The van der Waals surface area contributed by atoms with Gasteiger partial charge >= 0.3 is 7.12 Å². The molecule has 0 aromatic heterocycles. The molecule has 1 amide bonds. The third-order valence-corrected chi connectivity index (χ3v) is 5.46. The Hall–Kier alpha value is -1.33. The molecule has 1 aromatic rings. The van der Waals surface area contributed by atoms with Crippen LogP contribution >= 0.6 is 0 Å². The van der Waals surface area contributed by atoms with E-state index in [4.69, 9.17) is 9.31 Å². The monoisotopic (exact) mass is 315 g/mol. The van der Waals surface area contributed by atoms with Gasteiger partial charge in [-0.05, 0) is 52.1 Å². The molecule has 0 spiro atoms. The number of likely N-dealkylation sites (tertiary alicyclic amines) is 1. The molecule has 0 bridgehead atoms. The largest absolute Gasteiger partial charge is 0.494 e. The number of amides is 1. The van der Waals surface area contributed by atoms with Gasteiger partial charge in [0.25, 0.3) is 0 Å². The lowest BCUT2D eigenvalue weighted by Gasteiger charge is -2.32. The zero-order valence-electron chi connectivity index (χ0n) is 14.8. The molecule has 2 aliphatic heterocycles. The molecule has 0 saturated carbocycles. The second kappa shape index (κ2) is 5.64. The van der Waals surface area contributed by atoms with Crippen LogP contribution in [0.4, 0.5) is 0 Å². The normalized spacial score (nSPS) is 26.1. The van der Waals surface area contributed by atoms with Gasteiger partial charge in [0.1, 0.15) is 0 Å². The Labute approximate surface area is 139 Å². The molecule has 2 heterocycles. The topological polar surface area (TPSA) is 38.8 Å². The molecule has 0 N–H and O–H groups in total. The SMILES string of the molecule is CC1CCC(=O)N1Cc1cccc(B2OC(C)(C)C(C)(C)O2)c1. The van der Waals surface area contributed by atoms with Crippen LogP contribution < -0.4 is 5.46 Å². The minimum absolute atomic E-state index is 0.249. The van der Waals surface area contributed by atoms with Gasteiger partial charge in [0, 0.05) is 19.0 Å². The summed E-state index contributed by atoms with van der Waals surface area (Å²) in [6.45, 7) is 11.0. The fourth-order valence-electron chi connectivity index (χ4n) is 3.14. The first-order valence-electron chi connectivity index (χ1n) is 8.43. The number of carbonyl (C=O) groups excluding carboxylic acids is 1.